The molecule has 0 fully saturated rings. The normalized spacial score (nSPS) is 12.3. The maximum atomic E-state index is 13.0. The number of aromatic carboxylic acids is 1. The number of aromatic nitrogens is 3. The molecule has 2 rings (SSSR count). The Hall–Kier alpha value is -2.28. The van der Waals surface area contributed by atoms with Crippen LogP contribution in [0.4, 0.5) is 4.39 Å². The third kappa shape index (κ3) is 2.67. The van der Waals surface area contributed by atoms with E-state index < -0.39 is 11.8 Å². The van der Waals surface area contributed by atoms with Crippen LogP contribution in [0.15, 0.2) is 24.3 Å². The summed E-state index contributed by atoms with van der Waals surface area (Å²) >= 11 is 0. The van der Waals surface area contributed by atoms with Gasteiger partial charge in [0.25, 0.3) is 0 Å². The summed E-state index contributed by atoms with van der Waals surface area (Å²) in [5.41, 5.74) is 0.707. The molecule has 0 bridgehead atoms. The van der Waals surface area contributed by atoms with Gasteiger partial charge in [0.2, 0.25) is 0 Å². The summed E-state index contributed by atoms with van der Waals surface area (Å²) in [6.07, 6.45) is 0. The number of benzene rings is 1. The number of rotatable bonds is 5. The Morgan fingerprint density at radius 3 is 2.65 bits per heavy atom. The Balaban J connectivity index is 2.55. The molecule has 0 spiro atoms. The van der Waals surface area contributed by atoms with Crippen molar-refractivity contribution in [2.75, 3.05) is 13.7 Å². The van der Waals surface area contributed by atoms with Gasteiger partial charge in [-0.3, -0.25) is 0 Å². The molecule has 0 amide bonds. The standard InChI is InChI=1S/C13H14FN3O3/c1-8(7-20-2)17-12(11(13(18)19)15-16-17)9-3-5-10(14)6-4-9/h3-6,8H,7H2,1-2H3,(H,18,19). The molecule has 6 nitrogen and oxygen atoms in total. The van der Waals surface area contributed by atoms with E-state index in [4.69, 9.17) is 4.74 Å². The third-order valence-electron chi connectivity index (χ3n) is 2.84. The second-order valence-electron chi connectivity index (χ2n) is 4.35. The first-order valence-electron chi connectivity index (χ1n) is 5.98. The lowest BCUT2D eigenvalue weighted by atomic mass is 10.1. The number of hydrogen-bond donors (Lipinski definition) is 1. The largest absolute Gasteiger partial charge is 0.476 e. The molecule has 0 aliphatic carbocycles. The van der Waals surface area contributed by atoms with Crippen molar-refractivity contribution in [3.05, 3.63) is 35.8 Å². The molecule has 1 heterocycles. The van der Waals surface area contributed by atoms with Crippen LogP contribution in [0.25, 0.3) is 11.3 Å². The molecule has 1 aromatic carbocycles. The zero-order chi connectivity index (χ0) is 14.7. The molecule has 0 radical (unpaired) electrons. The molecule has 1 unspecified atom stereocenters. The summed E-state index contributed by atoms with van der Waals surface area (Å²) in [4.78, 5) is 11.2. The van der Waals surface area contributed by atoms with E-state index in [-0.39, 0.29) is 11.7 Å². The van der Waals surface area contributed by atoms with Gasteiger partial charge >= 0.3 is 5.97 Å². The van der Waals surface area contributed by atoms with Gasteiger partial charge in [0.05, 0.1) is 12.6 Å². The van der Waals surface area contributed by atoms with Crippen molar-refractivity contribution in [3.63, 3.8) is 0 Å². The maximum Gasteiger partial charge on any atom is 0.358 e. The predicted octanol–water partition coefficient (Wildman–Crippen LogP) is 1.99. The minimum Gasteiger partial charge on any atom is -0.476 e. The number of halogens is 1. The number of ether oxygens (including phenoxy) is 1. The fourth-order valence-corrected chi connectivity index (χ4v) is 1.93. The molecule has 0 saturated carbocycles. The lowest BCUT2D eigenvalue weighted by Crippen LogP contribution is -2.14. The van der Waals surface area contributed by atoms with Crippen molar-refractivity contribution in [2.24, 2.45) is 0 Å². The van der Waals surface area contributed by atoms with E-state index in [1.165, 1.54) is 28.9 Å². The number of carboxylic acid groups (broad SMARTS) is 1. The first-order valence-corrected chi connectivity index (χ1v) is 5.98. The molecule has 20 heavy (non-hydrogen) atoms. The second kappa shape index (κ2) is 5.79. The first kappa shape index (κ1) is 14.1. The lowest BCUT2D eigenvalue weighted by molar-refractivity contribution is 0.0691. The van der Waals surface area contributed by atoms with Crippen LogP contribution in [0.3, 0.4) is 0 Å². The fraction of sp³-hybridized carbons (Fsp3) is 0.308. The van der Waals surface area contributed by atoms with Crippen molar-refractivity contribution in [1.82, 2.24) is 15.0 Å². The van der Waals surface area contributed by atoms with Crippen molar-refractivity contribution >= 4 is 5.97 Å². The van der Waals surface area contributed by atoms with E-state index in [2.05, 4.69) is 10.3 Å². The molecule has 0 aliphatic heterocycles. The zero-order valence-electron chi connectivity index (χ0n) is 11.1. The van der Waals surface area contributed by atoms with Gasteiger partial charge in [-0.1, -0.05) is 5.21 Å². The zero-order valence-corrected chi connectivity index (χ0v) is 11.1. The summed E-state index contributed by atoms with van der Waals surface area (Å²) in [7, 11) is 1.54. The molecule has 106 valence electrons. The van der Waals surface area contributed by atoms with Crippen LogP contribution in [0, 0.1) is 5.82 Å². The Bertz CT molecular complexity index is 610. The highest BCUT2D eigenvalue weighted by Crippen LogP contribution is 2.25. The summed E-state index contributed by atoms with van der Waals surface area (Å²) in [6, 6.07) is 5.33. The molecule has 1 N–H and O–H groups in total. The Morgan fingerprint density at radius 2 is 2.10 bits per heavy atom. The van der Waals surface area contributed by atoms with Crippen LogP contribution in [0.2, 0.25) is 0 Å². The van der Waals surface area contributed by atoms with Crippen LogP contribution in [0.5, 0.6) is 0 Å². The van der Waals surface area contributed by atoms with Gasteiger partial charge in [0, 0.05) is 12.7 Å². The summed E-state index contributed by atoms with van der Waals surface area (Å²) < 4.78 is 19.5. The molecule has 0 aliphatic rings. The molecular weight excluding hydrogens is 265 g/mol. The van der Waals surface area contributed by atoms with Crippen LogP contribution >= 0.6 is 0 Å². The van der Waals surface area contributed by atoms with Crippen molar-refractivity contribution < 1.29 is 19.0 Å². The quantitative estimate of drug-likeness (QED) is 0.905. The molecule has 1 aromatic heterocycles. The topological polar surface area (TPSA) is 77.2 Å². The van der Waals surface area contributed by atoms with Crippen LogP contribution in [-0.2, 0) is 4.74 Å². The number of carbonyl (C=O) groups is 1. The highest BCUT2D eigenvalue weighted by molar-refractivity contribution is 5.92. The Kier molecular flexibility index (Phi) is 4.09. The monoisotopic (exact) mass is 279 g/mol. The average molecular weight is 279 g/mol. The molecule has 0 saturated heterocycles. The third-order valence-corrected chi connectivity index (χ3v) is 2.84. The van der Waals surface area contributed by atoms with Gasteiger partial charge < -0.3 is 9.84 Å². The van der Waals surface area contributed by atoms with Crippen LogP contribution in [0.1, 0.15) is 23.5 Å². The lowest BCUT2D eigenvalue weighted by Gasteiger charge is -2.14. The number of hydrogen-bond acceptors (Lipinski definition) is 4. The highest BCUT2D eigenvalue weighted by Gasteiger charge is 2.23. The Morgan fingerprint density at radius 1 is 1.45 bits per heavy atom. The highest BCUT2D eigenvalue weighted by atomic mass is 19.1. The molecule has 2 aromatic rings. The minimum absolute atomic E-state index is 0.167. The van der Waals surface area contributed by atoms with E-state index in [1.54, 1.807) is 7.11 Å². The van der Waals surface area contributed by atoms with E-state index >= 15 is 0 Å². The van der Waals surface area contributed by atoms with Crippen LogP contribution in [-0.4, -0.2) is 39.8 Å². The van der Waals surface area contributed by atoms with Crippen molar-refractivity contribution in [3.8, 4) is 11.3 Å². The predicted molar refractivity (Wildman–Crippen MR) is 69.0 cm³/mol. The Labute approximate surface area is 114 Å². The number of nitrogens with zero attached hydrogens (tertiary/aromatic N) is 3. The number of carboxylic acids is 1. The van der Waals surface area contributed by atoms with Gasteiger partial charge in [-0.25, -0.2) is 13.9 Å². The first-order chi connectivity index (χ1) is 9.54. The van der Waals surface area contributed by atoms with E-state index in [0.717, 1.165) is 0 Å². The minimum atomic E-state index is -1.18. The molecule has 7 heteroatoms. The summed E-state index contributed by atoms with van der Waals surface area (Å²) in [5, 5.41) is 16.7. The fourth-order valence-electron chi connectivity index (χ4n) is 1.93. The van der Waals surface area contributed by atoms with Gasteiger partial charge in [0.15, 0.2) is 5.69 Å². The van der Waals surface area contributed by atoms with Gasteiger partial charge in [-0.2, -0.15) is 0 Å². The SMILES string of the molecule is COCC(C)n1nnc(C(=O)O)c1-c1ccc(F)cc1. The van der Waals surface area contributed by atoms with Crippen LogP contribution < -0.4 is 0 Å². The van der Waals surface area contributed by atoms with Crippen molar-refractivity contribution in [1.29, 1.82) is 0 Å². The second-order valence-corrected chi connectivity index (χ2v) is 4.35. The van der Waals surface area contributed by atoms with Gasteiger partial charge in [0.1, 0.15) is 11.5 Å². The average Bonchev–Trinajstić information content (AvgIpc) is 2.84. The van der Waals surface area contributed by atoms with Gasteiger partial charge in [-0.05, 0) is 31.2 Å². The van der Waals surface area contributed by atoms with E-state index in [0.29, 0.717) is 17.9 Å². The smallest absolute Gasteiger partial charge is 0.358 e. The number of methoxy groups -OCH3 is 1. The molecule has 1 atom stereocenters. The maximum absolute atomic E-state index is 13.0. The van der Waals surface area contributed by atoms with Crippen molar-refractivity contribution in [2.45, 2.75) is 13.0 Å². The summed E-state index contributed by atoms with van der Waals surface area (Å²) in [6.45, 7) is 2.19. The van der Waals surface area contributed by atoms with Gasteiger partial charge in [-0.15, -0.1) is 5.10 Å². The molecular formula is C13H14FN3O3. The summed E-state index contributed by atoms with van der Waals surface area (Å²) in [5.74, 6) is -1.57. The van der Waals surface area contributed by atoms with E-state index in [1.807, 2.05) is 6.92 Å². The van der Waals surface area contributed by atoms with E-state index in [9.17, 15) is 14.3 Å².